The zero-order valence-electron chi connectivity index (χ0n) is 16.3. The molecule has 0 saturated heterocycles. The Bertz CT molecular complexity index is 1030. The van der Waals surface area contributed by atoms with Gasteiger partial charge in [0.1, 0.15) is 0 Å². The van der Waals surface area contributed by atoms with Crippen molar-refractivity contribution in [1.29, 1.82) is 0 Å². The average molecular weight is 439 g/mol. The third-order valence-corrected chi connectivity index (χ3v) is 6.38. The first kappa shape index (κ1) is 20.6. The fourth-order valence-corrected chi connectivity index (χ4v) is 4.97. The van der Waals surface area contributed by atoms with Gasteiger partial charge >= 0.3 is 6.03 Å². The first-order valence-corrected chi connectivity index (χ1v) is 11.0. The molecule has 0 radical (unpaired) electrons. The summed E-state index contributed by atoms with van der Waals surface area (Å²) in [7, 11) is 0. The number of hydrogen-bond acceptors (Lipinski definition) is 4. The molecular formula is C23H23ClN4OS. The van der Waals surface area contributed by atoms with Crippen molar-refractivity contribution in [1.82, 2.24) is 10.6 Å². The Morgan fingerprint density at radius 3 is 2.60 bits per heavy atom. The van der Waals surface area contributed by atoms with Crippen LogP contribution in [0.5, 0.6) is 0 Å². The Morgan fingerprint density at radius 1 is 1.03 bits per heavy atom. The maximum Gasteiger partial charge on any atom is 0.317 e. The molecule has 1 unspecified atom stereocenters. The highest BCUT2D eigenvalue weighted by molar-refractivity contribution is 8.00. The predicted octanol–water partition coefficient (Wildman–Crippen LogP) is 4.87. The summed E-state index contributed by atoms with van der Waals surface area (Å²) in [5, 5.41) is 6.63. The van der Waals surface area contributed by atoms with E-state index in [1.54, 1.807) is 11.8 Å². The minimum Gasteiger partial charge on any atom is -0.338 e. The van der Waals surface area contributed by atoms with Gasteiger partial charge < -0.3 is 21.3 Å². The lowest BCUT2D eigenvalue weighted by molar-refractivity contribution is 0.240. The first-order chi connectivity index (χ1) is 14.7. The molecule has 4 N–H and O–H groups in total. The Balaban J connectivity index is 1.52. The largest absolute Gasteiger partial charge is 0.338 e. The van der Waals surface area contributed by atoms with Crippen LogP contribution in [0.25, 0.3) is 0 Å². The molecule has 30 heavy (non-hydrogen) atoms. The monoisotopic (exact) mass is 438 g/mol. The Hall–Kier alpha value is -2.67. The molecule has 0 aromatic heterocycles. The Kier molecular flexibility index (Phi) is 6.47. The van der Waals surface area contributed by atoms with Crippen LogP contribution in [0, 0.1) is 0 Å². The molecule has 0 fully saturated rings. The summed E-state index contributed by atoms with van der Waals surface area (Å²) < 4.78 is 0. The second-order valence-electron chi connectivity index (χ2n) is 6.90. The molecular weight excluding hydrogens is 416 g/mol. The van der Waals surface area contributed by atoms with Gasteiger partial charge in [-0.1, -0.05) is 78.0 Å². The summed E-state index contributed by atoms with van der Waals surface area (Å²) in [6.45, 7) is 0.912. The van der Waals surface area contributed by atoms with Crippen LogP contribution in [-0.2, 0) is 13.0 Å². The predicted molar refractivity (Wildman–Crippen MR) is 124 cm³/mol. The number of fused-ring (bicyclic) bond motifs is 1. The molecule has 1 heterocycles. The summed E-state index contributed by atoms with van der Waals surface area (Å²) in [4.78, 5) is 15.8. The van der Waals surface area contributed by atoms with Gasteiger partial charge in [0.05, 0.1) is 16.4 Å². The highest BCUT2D eigenvalue weighted by Gasteiger charge is 2.34. The van der Waals surface area contributed by atoms with Crippen molar-refractivity contribution in [3.63, 3.8) is 0 Å². The van der Waals surface area contributed by atoms with Crippen LogP contribution in [-0.4, -0.2) is 18.1 Å². The summed E-state index contributed by atoms with van der Waals surface area (Å²) in [5.41, 5.74) is 9.59. The summed E-state index contributed by atoms with van der Waals surface area (Å²) >= 11 is 8.15. The molecule has 5 nitrogen and oxygen atoms in total. The number of nitrogens with one attached hydrogen (secondary N) is 2. The van der Waals surface area contributed by atoms with Crippen LogP contribution in [0.15, 0.2) is 77.7 Å². The van der Waals surface area contributed by atoms with E-state index < -0.39 is 0 Å². The zero-order chi connectivity index (χ0) is 20.9. The van der Waals surface area contributed by atoms with Gasteiger partial charge in [-0.2, -0.15) is 0 Å². The number of thioether (sulfide) groups is 1. The summed E-state index contributed by atoms with van der Waals surface area (Å²) in [6.07, 6.45) is 0.776. The van der Waals surface area contributed by atoms with E-state index in [9.17, 15) is 4.79 Å². The molecule has 7 heteroatoms. The number of anilines is 2. The van der Waals surface area contributed by atoms with E-state index in [4.69, 9.17) is 17.3 Å². The maximum absolute atomic E-state index is 12.6. The maximum atomic E-state index is 12.6. The smallest absolute Gasteiger partial charge is 0.317 e. The third kappa shape index (κ3) is 4.41. The van der Waals surface area contributed by atoms with Gasteiger partial charge in [0.25, 0.3) is 0 Å². The molecule has 1 atom stereocenters. The molecule has 3 aromatic carbocycles. The van der Waals surface area contributed by atoms with Crippen molar-refractivity contribution in [2.24, 2.45) is 5.73 Å². The highest BCUT2D eigenvalue weighted by atomic mass is 35.5. The second-order valence-corrected chi connectivity index (χ2v) is 8.42. The molecule has 2 amide bonds. The minimum atomic E-state index is -0.329. The van der Waals surface area contributed by atoms with E-state index in [0.717, 1.165) is 28.3 Å². The summed E-state index contributed by atoms with van der Waals surface area (Å²) in [5.74, 6) is 0. The Labute approximate surface area is 185 Å². The topological polar surface area (TPSA) is 70.4 Å². The zero-order valence-corrected chi connectivity index (χ0v) is 17.9. The van der Waals surface area contributed by atoms with E-state index in [1.807, 2.05) is 60.7 Å². The lowest BCUT2D eigenvalue weighted by atomic mass is 10.1. The van der Waals surface area contributed by atoms with Crippen LogP contribution in [0.4, 0.5) is 16.2 Å². The fourth-order valence-electron chi connectivity index (χ4n) is 3.51. The first-order valence-electron chi connectivity index (χ1n) is 9.78. The van der Waals surface area contributed by atoms with Crippen molar-refractivity contribution in [2.45, 2.75) is 23.4 Å². The van der Waals surface area contributed by atoms with Gasteiger partial charge in [0, 0.05) is 18.0 Å². The molecule has 4 rings (SSSR count). The van der Waals surface area contributed by atoms with Crippen molar-refractivity contribution in [3.8, 4) is 0 Å². The number of amides is 2. The number of halogens is 1. The van der Waals surface area contributed by atoms with E-state index >= 15 is 0 Å². The molecule has 1 aliphatic heterocycles. The molecule has 0 bridgehead atoms. The molecule has 0 aliphatic carbocycles. The lowest BCUT2D eigenvalue weighted by Crippen LogP contribution is -2.47. The number of carbonyl (C=O) groups is 1. The minimum absolute atomic E-state index is 0.220. The molecule has 0 saturated carbocycles. The normalized spacial score (nSPS) is 15.0. The molecule has 3 aromatic rings. The third-order valence-electron chi connectivity index (χ3n) is 4.93. The van der Waals surface area contributed by atoms with Gasteiger partial charge in [-0.05, 0) is 35.7 Å². The SMILES string of the molecule is NCc1cccc(Cl)c1N1c2ccccc2SC1NC(=O)NCCc1ccccc1. The van der Waals surface area contributed by atoms with Gasteiger partial charge in [-0.25, -0.2) is 4.79 Å². The quantitative estimate of drug-likeness (QED) is 0.513. The number of carbonyl (C=O) groups excluding carboxylic acids is 1. The van der Waals surface area contributed by atoms with Crippen LogP contribution in [0.3, 0.4) is 0 Å². The fraction of sp³-hybridized carbons (Fsp3) is 0.174. The van der Waals surface area contributed by atoms with Crippen molar-refractivity contribution in [2.75, 3.05) is 11.4 Å². The highest BCUT2D eigenvalue weighted by Crippen LogP contribution is 2.49. The van der Waals surface area contributed by atoms with Crippen LogP contribution in [0.2, 0.25) is 5.02 Å². The molecule has 154 valence electrons. The van der Waals surface area contributed by atoms with Crippen molar-refractivity contribution < 1.29 is 4.79 Å². The van der Waals surface area contributed by atoms with Crippen molar-refractivity contribution >= 4 is 40.8 Å². The van der Waals surface area contributed by atoms with Gasteiger partial charge in [-0.15, -0.1) is 0 Å². The lowest BCUT2D eigenvalue weighted by Gasteiger charge is -2.30. The van der Waals surface area contributed by atoms with E-state index in [-0.39, 0.29) is 11.5 Å². The van der Waals surface area contributed by atoms with Crippen molar-refractivity contribution in [3.05, 3.63) is 88.9 Å². The van der Waals surface area contributed by atoms with Gasteiger partial charge in [0.2, 0.25) is 0 Å². The standard InChI is InChI=1S/C23H23ClN4OS/c24-18-10-6-9-17(15-25)21(18)28-19-11-4-5-12-20(19)30-23(28)27-22(29)26-14-13-16-7-2-1-3-8-16/h1-12,23H,13-15,25H2,(H2,26,27,29). The molecule has 1 aliphatic rings. The Morgan fingerprint density at radius 2 is 1.80 bits per heavy atom. The van der Waals surface area contributed by atoms with Crippen LogP contribution in [0.1, 0.15) is 11.1 Å². The van der Waals surface area contributed by atoms with Crippen LogP contribution >= 0.6 is 23.4 Å². The number of urea groups is 1. The average Bonchev–Trinajstić information content (AvgIpc) is 3.11. The number of para-hydroxylation sites is 2. The van der Waals surface area contributed by atoms with E-state index in [2.05, 4.69) is 27.7 Å². The number of hydrogen-bond donors (Lipinski definition) is 3. The molecule has 0 spiro atoms. The van der Waals surface area contributed by atoms with E-state index in [1.165, 1.54) is 5.56 Å². The number of benzene rings is 3. The second kappa shape index (κ2) is 9.43. The summed E-state index contributed by atoms with van der Waals surface area (Å²) in [6, 6.07) is 23.6. The van der Waals surface area contributed by atoms with Gasteiger partial charge in [0.15, 0.2) is 5.50 Å². The number of nitrogens with zero attached hydrogens (tertiary/aromatic N) is 1. The van der Waals surface area contributed by atoms with Crippen LogP contribution < -0.4 is 21.3 Å². The van der Waals surface area contributed by atoms with Gasteiger partial charge in [-0.3, -0.25) is 0 Å². The number of nitrogens with two attached hydrogens (primary N) is 1. The van der Waals surface area contributed by atoms with E-state index in [0.29, 0.717) is 18.1 Å². The number of rotatable bonds is 6.